The van der Waals surface area contributed by atoms with Gasteiger partial charge in [0.25, 0.3) is 0 Å². The van der Waals surface area contributed by atoms with Crippen LogP contribution in [0.2, 0.25) is 0 Å². The molecule has 1 unspecified atom stereocenters. The van der Waals surface area contributed by atoms with Crippen molar-refractivity contribution in [1.82, 2.24) is 20.4 Å². The van der Waals surface area contributed by atoms with E-state index in [9.17, 15) is 14.0 Å². The molecule has 0 saturated carbocycles. The highest BCUT2D eigenvalue weighted by molar-refractivity contribution is 5.84. The molecule has 2 aromatic rings. The molecular formula is C22H25FN4O2. The predicted octanol–water partition coefficient (Wildman–Crippen LogP) is 2.07. The average Bonchev–Trinajstić information content (AvgIpc) is 2.77. The van der Waals surface area contributed by atoms with Gasteiger partial charge in [-0.25, -0.2) is 9.18 Å². The normalized spacial score (nSPS) is 18.9. The van der Waals surface area contributed by atoms with Gasteiger partial charge >= 0.3 is 6.03 Å². The van der Waals surface area contributed by atoms with Crippen molar-refractivity contribution in [2.75, 3.05) is 32.7 Å². The molecule has 1 saturated heterocycles. The Morgan fingerprint density at radius 3 is 2.76 bits per heavy atom. The Labute approximate surface area is 169 Å². The van der Waals surface area contributed by atoms with Crippen LogP contribution in [0.5, 0.6) is 0 Å². The third-order valence-corrected chi connectivity index (χ3v) is 5.61. The van der Waals surface area contributed by atoms with Gasteiger partial charge in [0, 0.05) is 32.7 Å². The molecule has 0 spiro atoms. The van der Waals surface area contributed by atoms with Crippen LogP contribution in [0.25, 0.3) is 0 Å². The lowest BCUT2D eigenvalue weighted by atomic mass is 10.0. The number of carbonyl (C=O) groups excluding carboxylic acids is 2. The van der Waals surface area contributed by atoms with E-state index in [1.165, 1.54) is 17.7 Å². The zero-order valence-corrected chi connectivity index (χ0v) is 16.2. The highest BCUT2D eigenvalue weighted by atomic mass is 19.1. The van der Waals surface area contributed by atoms with Crippen molar-refractivity contribution >= 4 is 11.9 Å². The lowest BCUT2D eigenvalue weighted by Crippen LogP contribution is -2.52. The Morgan fingerprint density at radius 1 is 1.10 bits per heavy atom. The van der Waals surface area contributed by atoms with Crippen LogP contribution in [0.1, 0.15) is 22.7 Å². The summed E-state index contributed by atoms with van der Waals surface area (Å²) >= 11 is 0. The van der Waals surface area contributed by atoms with E-state index < -0.39 is 0 Å². The van der Waals surface area contributed by atoms with Crippen molar-refractivity contribution in [3.63, 3.8) is 0 Å². The fraction of sp³-hybridized carbons (Fsp3) is 0.364. The number of nitrogens with zero attached hydrogens (tertiary/aromatic N) is 2. The van der Waals surface area contributed by atoms with E-state index in [2.05, 4.69) is 16.7 Å². The van der Waals surface area contributed by atoms with E-state index in [0.717, 1.165) is 17.5 Å². The second-order valence-electron chi connectivity index (χ2n) is 7.46. The SMILES string of the molecule is O=C(NCC(=O)N1CCNCC1c1cccc(F)c1)N1CCc2ccccc2C1. The predicted molar refractivity (Wildman–Crippen MR) is 108 cm³/mol. The third-order valence-electron chi connectivity index (χ3n) is 5.61. The lowest BCUT2D eigenvalue weighted by Gasteiger charge is -2.37. The molecule has 2 aromatic carbocycles. The molecule has 2 N–H and O–H groups in total. The lowest BCUT2D eigenvalue weighted by molar-refractivity contribution is -0.133. The number of piperazine rings is 1. The van der Waals surface area contributed by atoms with E-state index in [1.807, 2.05) is 24.3 Å². The monoisotopic (exact) mass is 396 g/mol. The smallest absolute Gasteiger partial charge is 0.318 e. The molecule has 152 valence electrons. The first-order valence-electron chi connectivity index (χ1n) is 9.97. The van der Waals surface area contributed by atoms with Crippen LogP contribution in [-0.4, -0.2) is 54.5 Å². The average molecular weight is 396 g/mol. The van der Waals surface area contributed by atoms with Gasteiger partial charge < -0.3 is 20.4 Å². The van der Waals surface area contributed by atoms with Crippen LogP contribution in [0.15, 0.2) is 48.5 Å². The minimum Gasteiger partial charge on any atom is -0.332 e. The van der Waals surface area contributed by atoms with Gasteiger partial charge in [-0.2, -0.15) is 0 Å². The number of halogens is 1. The molecule has 7 heteroatoms. The van der Waals surface area contributed by atoms with E-state index in [4.69, 9.17) is 0 Å². The molecular weight excluding hydrogens is 371 g/mol. The summed E-state index contributed by atoms with van der Waals surface area (Å²) in [5.41, 5.74) is 3.17. The number of hydrogen-bond acceptors (Lipinski definition) is 3. The van der Waals surface area contributed by atoms with Gasteiger partial charge in [0.05, 0.1) is 12.6 Å². The maximum Gasteiger partial charge on any atom is 0.318 e. The topological polar surface area (TPSA) is 64.7 Å². The highest BCUT2D eigenvalue weighted by Crippen LogP contribution is 2.23. The van der Waals surface area contributed by atoms with Crippen molar-refractivity contribution in [1.29, 1.82) is 0 Å². The number of fused-ring (bicyclic) bond motifs is 1. The number of nitrogens with one attached hydrogen (secondary N) is 2. The molecule has 0 radical (unpaired) electrons. The zero-order valence-electron chi connectivity index (χ0n) is 16.2. The molecule has 29 heavy (non-hydrogen) atoms. The summed E-state index contributed by atoms with van der Waals surface area (Å²) in [6.07, 6.45) is 0.816. The maximum atomic E-state index is 13.6. The molecule has 1 atom stereocenters. The first-order valence-corrected chi connectivity index (χ1v) is 9.97. The Bertz CT molecular complexity index is 904. The molecule has 2 aliphatic heterocycles. The van der Waals surface area contributed by atoms with Gasteiger partial charge in [0.15, 0.2) is 0 Å². The van der Waals surface area contributed by atoms with Crippen molar-refractivity contribution in [2.45, 2.75) is 19.0 Å². The second kappa shape index (κ2) is 8.61. The minimum absolute atomic E-state index is 0.0667. The number of urea groups is 1. The van der Waals surface area contributed by atoms with E-state index in [-0.39, 0.29) is 30.3 Å². The van der Waals surface area contributed by atoms with Crippen LogP contribution < -0.4 is 10.6 Å². The summed E-state index contributed by atoms with van der Waals surface area (Å²) in [7, 11) is 0. The Morgan fingerprint density at radius 2 is 1.93 bits per heavy atom. The molecule has 2 heterocycles. The zero-order chi connectivity index (χ0) is 20.2. The summed E-state index contributed by atoms with van der Waals surface area (Å²) in [5, 5.41) is 6.02. The summed E-state index contributed by atoms with van der Waals surface area (Å²) in [6, 6.07) is 14.0. The Balaban J connectivity index is 1.36. The Kier molecular flexibility index (Phi) is 5.76. The molecule has 6 nitrogen and oxygen atoms in total. The minimum atomic E-state index is -0.320. The number of benzene rings is 2. The highest BCUT2D eigenvalue weighted by Gasteiger charge is 2.29. The fourth-order valence-corrected chi connectivity index (χ4v) is 4.05. The second-order valence-corrected chi connectivity index (χ2v) is 7.46. The van der Waals surface area contributed by atoms with Crippen molar-refractivity contribution < 1.29 is 14.0 Å². The van der Waals surface area contributed by atoms with Crippen LogP contribution >= 0.6 is 0 Å². The molecule has 0 bridgehead atoms. The van der Waals surface area contributed by atoms with Crippen LogP contribution in [-0.2, 0) is 17.8 Å². The first-order chi connectivity index (χ1) is 14.1. The molecule has 3 amide bonds. The van der Waals surface area contributed by atoms with Crippen LogP contribution in [0.3, 0.4) is 0 Å². The maximum absolute atomic E-state index is 13.6. The van der Waals surface area contributed by atoms with Gasteiger partial charge in [-0.1, -0.05) is 36.4 Å². The van der Waals surface area contributed by atoms with Crippen molar-refractivity contribution in [2.24, 2.45) is 0 Å². The number of hydrogen-bond donors (Lipinski definition) is 2. The molecule has 0 aliphatic carbocycles. The van der Waals surface area contributed by atoms with E-state index in [0.29, 0.717) is 32.7 Å². The molecule has 2 aliphatic rings. The van der Waals surface area contributed by atoms with Gasteiger partial charge in [-0.05, 0) is 35.2 Å². The van der Waals surface area contributed by atoms with E-state index in [1.54, 1.807) is 15.9 Å². The Hall–Kier alpha value is -2.93. The molecule has 0 aromatic heterocycles. The number of rotatable bonds is 3. The summed E-state index contributed by atoms with van der Waals surface area (Å²) < 4.78 is 13.6. The van der Waals surface area contributed by atoms with Gasteiger partial charge in [-0.15, -0.1) is 0 Å². The largest absolute Gasteiger partial charge is 0.332 e. The van der Waals surface area contributed by atoms with Gasteiger partial charge in [0.2, 0.25) is 5.91 Å². The van der Waals surface area contributed by atoms with Crippen LogP contribution in [0.4, 0.5) is 9.18 Å². The summed E-state index contributed by atoms with van der Waals surface area (Å²) in [6.45, 7) is 2.88. The summed E-state index contributed by atoms with van der Waals surface area (Å²) in [5.74, 6) is -0.481. The third kappa shape index (κ3) is 4.40. The number of carbonyl (C=O) groups is 2. The number of amides is 3. The standard InChI is InChI=1S/C22H25FN4O2/c23-19-7-3-6-17(12-19)20-13-24-9-11-27(20)21(28)14-25-22(29)26-10-8-16-4-1-2-5-18(16)15-26/h1-7,12,20,24H,8-11,13-15H2,(H,25,29). The molecule has 4 rings (SSSR count). The van der Waals surface area contributed by atoms with Crippen molar-refractivity contribution in [3.8, 4) is 0 Å². The summed E-state index contributed by atoms with van der Waals surface area (Å²) in [4.78, 5) is 28.8. The quantitative estimate of drug-likeness (QED) is 0.835. The molecule has 1 fully saturated rings. The first kappa shape index (κ1) is 19.4. The van der Waals surface area contributed by atoms with Gasteiger partial charge in [0.1, 0.15) is 5.82 Å². The van der Waals surface area contributed by atoms with Crippen LogP contribution in [0, 0.1) is 5.82 Å². The fourth-order valence-electron chi connectivity index (χ4n) is 4.05. The van der Waals surface area contributed by atoms with Crippen molar-refractivity contribution in [3.05, 3.63) is 71.0 Å². The van der Waals surface area contributed by atoms with E-state index >= 15 is 0 Å². The van der Waals surface area contributed by atoms with Gasteiger partial charge in [-0.3, -0.25) is 4.79 Å².